The Morgan fingerprint density at radius 2 is 1.93 bits per heavy atom. The van der Waals surface area contributed by atoms with Crippen LogP contribution in [-0.4, -0.2) is 48.0 Å². The van der Waals surface area contributed by atoms with E-state index >= 15 is 0 Å². The molecule has 3 amide bonds. The molecule has 7 nitrogen and oxygen atoms in total. The highest BCUT2D eigenvalue weighted by atomic mass is 16.2. The Bertz CT molecular complexity index is 866. The van der Waals surface area contributed by atoms with Crippen LogP contribution in [-0.2, 0) is 20.9 Å². The molecule has 1 saturated carbocycles. The van der Waals surface area contributed by atoms with Crippen molar-refractivity contribution in [1.82, 2.24) is 10.2 Å². The number of imide groups is 1. The van der Waals surface area contributed by atoms with Gasteiger partial charge in [-0.15, -0.1) is 0 Å². The molecule has 1 N–H and O–H groups in total. The average Bonchev–Trinajstić information content (AvgIpc) is 2.90. The fourth-order valence-corrected chi connectivity index (χ4v) is 5.21. The predicted molar refractivity (Wildman–Crippen MR) is 95.9 cm³/mol. The summed E-state index contributed by atoms with van der Waals surface area (Å²) in [4.78, 5) is 51.2. The molecular weight excluding hydrogens is 346 g/mol. The summed E-state index contributed by atoms with van der Waals surface area (Å²) >= 11 is 0. The summed E-state index contributed by atoms with van der Waals surface area (Å²) in [5.41, 5.74) is 2.93. The lowest BCUT2D eigenvalue weighted by Crippen LogP contribution is -2.62. The Morgan fingerprint density at radius 1 is 1.15 bits per heavy atom. The predicted octanol–water partition coefficient (Wildman–Crippen LogP) is 0.863. The van der Waals surface area contributed by atoms with Crippen molar-refractivity contribution >= 4 is 29.7 Å². The molecule has 7 heteroatoms. The molecule has 2 saturated heterocycles. The molecule has 0 bridgehead atoms. The van der Waals surface area contributed by atoms with Gasteiger partial charge in [-0.3, -0.25) is 19.7 Å². The number of nitrogens with zero attached hydrogens (tertiary/aromatic N) is 2. The average molecular weight is 367 g/mol. The van der Waals surface area contributed by atoms with E-state index in [1.807, 2.05) is 18.2 Å². The van der Waals surface area contributed by atoms with Crippen molar-refractivity contribution in [2.24, 2.45) is 11.3 Å². The molecule has 0 radical (unpaired) electrons. The van der Waals surface area contributed by atoms with E-state index in [9.17, 15) is 19.2 Å². The molecule has 1 aliphatic carbocycles. The highest BCUT2D eigenvalue weighted by Gasteiger charge is 2.53. The van der Waals surface area contributed by atoms with Crippen LogP contribution < -0.4 is 10.2 Å². The zero-order chi connectivity index (χ0) is 18.8. The molecule has 1 aromatic carbocycles. The lowest BCUT2D eigenvalue weighted by atomic mass is 9.58. The third kappa shape index (κ3) is 2.40. The molecule has 4 aliphatic rings. The van der Waals surface area contributed by atoms with Crippen molar-refractivity contribution in [3.63, 3.8) is 0 Å². The molecule has 1 spiro atoms. The number of aldehydes is 1. The van der Waals surface area contributed by atoms with Gasteiger partial charge in [0.2, 0.25) is 11.8 Å². The van der Waals surface area contributed by atoms with E-state index in [2.05, 4.69) is 10.2 Å². The first-order valence-electron chi connectivity index (χ1n) is 9.46. The second-order valence-electron chi connectivity index (χ2n) is 8.36. The third-order valence-electron chi connectivity index (χ3n) is 6.53. The number of nitrogens with one attached hydrogen (secondary N) is 1. The van der Waals surface area contributed by atoms with E-state index in [0.717, 1.165) is 43.5 Å². The monoisotopic (exact) mass is 367 g/mol. The van der Waals surface area contributed by atoms with Gasteiger partial charge >= 0.3 is 0 Å². The van der Waals surface area contributed by atoms with Crippen molar-refractivity contribution in [2.45, 2.75) is 38.3 Å². The highest BCUT2D eigenvalue weighted by molar-refractivity contribution is 6.06. The van der Waals surface area contributed by atoms with Gasteiger partial charge in [0.05, 0.1) is 0 Å². The molecule has 5 rings (SSSR count). The van der Waals surface area contributed by atoms with Crippen LogP contribution in [0.4, 0.5) is 5.69 Å². The van der Waals surface area contributed by atoms with E-state index in [1.54, 1.807) is 4.90 Å². The number of fused-ring (bicyclic) bond motifs is 1. The van der Waals surface area contributed by atoms with Gasteiger partial charge in [-0.05, 0) is 31.4 Å². The van der Waals surface area contributed by atoms with Gasteiger partial charge in [-0.25, -0.2) is 0 Å². The number of benzene rings is 1. The van der Waals surface area contributed by atoms with Crippen LogP contribution in [0.25, 0.3) is 0 Å². The normalized spacial score (nSPS) is 26.5. The summed E-state index contributed by atoms with van der Waals surface area (Å²) in [6.07, 6.45) is 3.62. The van der Waals surface area contributed by atoms with E-state index in [4.69, 9.17) is 0 Å². The lowest BCUT2D eigenvalue weighted by Gasteiger charge is -2.59. The Morgan fingerprint density at radius 3 is 2.63 bits per heavy atom. The number of amides is 3. The van der Waals surface area contributed by atoms with Crippen LogP contribution in [0.3, 0.4) is 0 Å². The minimum atomic E-state index is -0.585. The zero-order valence-electron chi connectivity index (χ0n) is 14.9. The molecule has 1 atom stereocenters. The van der Waals surface area contributed by atoms with Gasteiger partial charge in [0.25, 0.3) is 5.91 Å². The van der Waals surface area contributed by atoms with Crippen LogP contribution in [0.2, 0.25) is 0 Å². The molecule has 27 heavy (non-hydrogen) atoms. The maximum atomic E-state index is 12.9. The number of piperidine rings is 1. The Balaban J connectivity index is 1.35. The number of hydrogen-bond donors (Lipinski definition) is 1. The van der Waals surface area contributed by atoms with Crippen LogP contribution in [0.1, 0.15) is 41.6 Å². The van der Waals surface area contributed by atoms with Crippen molar-refractivity contribution < 1.29 is 19.2 Å². The van der Waals surface area contributed by atoms with Gasteiger partial charge in [-0.2, -0.15) is 0 Å². The summed E-state index contributed by atoms with van der Waals surface area (Å²) in [5, 5.41) is 2.34. The first kappa shape index (κ1) is 16.5. The maximum Gasteiger partial charge on any atom is 0.255 e. The van der Waals surface area contributed by atoms with Crippen LogP contribution in [0.5, 0.6) is 0 Å². The van der Waals surface area contributed by atoms with E-state index in [-0.39, 0.29) is 35.5 Å². The first-order chi connectivity index (χ1) is 13.0. The lowest BCUT2D eigenvalue weighted by molar-refractivity contribution is -0.137. The van der Waals surface area contributed by atoms with Gasteiger partial charge in [-0.1, -0.05) is 6.07 Å². The van der Waals surface area contributed by atoms with Crippen molar-refractivity contribution in [1.29, 1.82) is 0 Å². The summed E-state index contributed by atoms with van der Waals surface area (Å²) in [7, 11) is 0. The van der Waals surface area contributed by atoms with Crippen molar-refractivity contribution in [3.8, 4) is 0 Å². The minimum Gasteiger partial charge on any atom is -0.370 e. The SMILES string of the molecule is O=CC1CC2(C1)CN(c1cccc3c1CN(C1CCC(=O)NC1=O)C3=O)C2. The number of anilines is 1. The standard InChI is InChI=1S/C20H21N3O4/c24-9-12-6-20(7-12)10-22(11-20)15-3-1-2-13-14(15)8-23(19(13)27)16-4-5-17(25)21-18(16)26/h1-3,9,12,16H,4-8,10-11H2,(H,21,25,26). The number of hydrogen-bond acceptors (Lipinski definition) is 5. The summed E-state index contributed by atoms with van der Waals surface area (Å²) in [6, 6.07) is 5.15. The van der Waals surface area contributed by atoms with E-state index in [0.29, 0.717) is 18.5 Å². The molecule has 3 heterocycles. The fourth-order valence-electron chi connectivity index (χ4n) is 5.21. The molecule has 140 valence electrons. The maximum absolute atomic E-state index is 12.9. The second-order valence-corrected chi connectivity index (χ2v) is 8.36. The second kappa shape index (κ2) is 5.65. The van der Waals surface area contributed by atoms with E-state index < -0.39 is 6.04 Å². The van der Waals surface area contributed by atoms with Crippen LogP contribution >= 0.6 is 0 Å². The number of carbonyl (C=O) groups excluding carboxylic acids is 4. The van der Waals surface area contributed by atoms with Crippen LogP contribution in [0, 0.1) is 11.3 Å². The van der Waals surface area contributed by atoms with Crippen molar-refractivity contribution in [3.05, 3.63) is 29.3 Å². The molecule has 3 aliphatic heterocycles. The van der Waals surface area contributed by atoms with Gasteiger partial charge in [0, 0.05) is 54.2 Å². The summed E-state index contributed by atoms with van der Waals surface area (Å²) in [6.45, 7) is 2.23. The molecule has 0 aromatic heterocycles. The number of rotatable bonds is 3. The minimum absolute atomic E-state index is 0.138. The Kier molecular flexibility index (Phi) is 3.44. The Labute approximate surface area is 156 Å². The summed E-state index contributed by atoms with van der Waals surface area (Å²) < 4.78 is 0. The number of carbonyl (C=O) groups is 4. The van der Waals surface area contributed by atoms with Crippen LogP contribution in [0.15, 0.2) is 18.2 Å². The highest BCUT2D eigenvalue weighted by Crippen LogP contribution is 2.53. The first-order valence-corrected chi connectivity index (χ1v) is 9.46. The van der Waals surface area contributed by atoms with Gasteiger partial charge in [0.15, 0.2) is 0 Å². The third-order valence-corrected chi connectivity index (χ3v) is 6.53. The molecule has 1 unspecified atom stereocenters. The van der Waals surface area contributed by atoms with E-state index in [1.165, 1.54) is 0 Å². The molecular formula is C20H21N3O4. The van der Waals surface area contributed by atoms with Gasteiger partial charge in [0.1, 0.15) is 12.3 Å². The van der Waals surface area contributed by atoms with Gasteiger partial charge < -0.3 is 14.6 Å². The fraction of sp³-hybridized carbons (Fsp3) is 0.500. The molecule has 1 aromatic rings. The zero-order valence-corrected chi connectivity index (χ0v) is 14.9. The topological polar surface area (TPSA) is 86.8 Å². The molecule has 3 fully saturated rings. The quantitative estimate of drug-likeness (QED) is 0.633. The Hall–Kier alpha value is -2.70. The summed E-state index contributed by atoms with van der Waals surface area (Å²) in [5.74, 6) is -0.591. The smallest absolute Gasteiger partial charge is 0.255 e. The van der Waals surface area contributed by atoms with Crippen molar-refractivity contribution in [2.75, 3.05) is 18.0 Å². The largest absolute Gasteiger partial charge is 0.370 e.